The van der Waals surface area contributed by atoms with Gasteiger partial charge in [0.25, 0.3) is 0 Å². The summed E-state index contributed by atoms with van der Waals surface area (Å²) in [4.78, 5) is 13.9. The molecule has 1 atom stereocenters. The van der Waals surface area contributed by atoms with Gasteiger partial charge < -0.3 is 14.7 Å². The Hall–Kier alpha value is -2.38. The number of aromatic nitrogens is 3. The predicted molar refractivity (Wildman–Crippen MR) is 88.2 cm³/mol. The molecular weight excluding hydrogens is 330 g/mol. The first-order chi connectivity index (χ1) is 11.5. The van der Waals surface area contributed by atoms with E-state index in [1.165, 1.54) is 0 Å². The number of amides is 1. The van der Waals surface area contributed by atoms with Crippen molar-refractivity contribution in [3.63, 3.8) is 0 Å². The number of nitrogens with zero attached hydrogens (tertiary/aromatic N) is 4. The number of primary amides is 1. The van der Waals surface area contributed by atoms with Crippen molar-refractivity contribution >= 4 is 28.5 Å². The number of carbonyl (C=O) groups is 1. The van der Waals surface area contributed by atoms with Crippen LogP contribution in [0.5, 0.6) is 0 Å². The molecule has 0 spiro atoms. The average Bonchev–Trinajstić information content (AvgIpc) is 3.07. The van der Waals surface area contributed by atoms with Crippen LogP contribution in [0.3, 0.4) is 0 Å². The molecule has 4 rings (SSSR count). The van der Waals surface area contributed by atoms with Crippen LogP contribution in [0.4, 0.5) is 0 Å². The summed E-state index contributed by atoms with van der Waals surface area (Å²) in [6, 6.07) is 7.20. The molecule has 2 aromatic heterocycles. The summed E-state index contributed by atoms with van der Waals surface area (Å²) in [5.41, 5.74) is 7.20. The highest BCUT2D eigenvalue weighted by Crippen LogP contribution is 2.32. The molecule has 0 aliphatic carbocycles. The first-order valence-electron chi connectivity index (χ1n) is 7.62. The third-order valence-electron chi connectivity index (χ3n) is 4.49. The van der Waals surface area contributed by atoms with Crippen LogP contribution in [0.25, 0.3) is 11.0 Å². The molecule has 3 aromatic rings. The smallest absolute Gasteiger partial charge is 0.236 e. The molecule has 0 saturated carbocycles. The molecule has 8 heteroatoms. The minimum atomic E-state index is -0.447. The Labute approximate surface area is 143 Å². The topological polar surface area (TPSA) is 90.2 Å². The van der Waals surface area contributed by atoms with Crippen molar-refractivity contribution in [2.45, 2.75) is 32.6 Å². The molecule has 0 fully saturated rings. The minimum absolute atomic E-state index is 0.336. The summed E-state index contributed by atoms with van der Waals surface area (Å²) < 4.78 is 7.53. The van der Waals surface area contributed by atoms with Gasteiger partial charge in [-0.3, -0.25) is 9.69 Å². The monoisotopic (exact) mass is 345 g/mol. The van der Waals surface area contributed by atoms with Crippen molar-refractivity contribution in [1.82, 2.24) is 19.7 Å². The lowest BCUT2D eigenvalue weighted by molar-refractivity contribution is -0.125. The third kappa shape index (κ3) is 2.37. The zero-order valence-corrected chi connectivity index (χ0v) is 13.8. The molecule has 2 N–H and O–H groups in total. The first kappa shape index (κ1) is 15.2. The predicted octanol–water partition coefficient (Wildman–Crippen LogP) is 1.86. The van der Waals surface area contributed by atoms with Gasteiger partial charge in [-0.1, -0.05) is 18.2 Å². The van der Waals surface area contributed by atoms with Crippen molar-refractivity contribution < 1.29 is 9.21 Å². The van der Waals surface area contributed by atoms with Gasteiger partial charge in [-0.25, -0.2) is 0 Å². The standard InChI is InChI=1S/C16H16ClN5O2/c1-9-19-20-14-8-21(12(16(18)23)7-22(9)14)6-11-10-4-2-3-5-13(10)24-15(11)17/h2-5,12H,6-8H2,1H3,(H2,18,23). The maximum absolute atomic E-state index is 12.0. The summed E-state index contributed by atoms with van der Waals surface area (Å²) in [6.45, 7) is 3.24. The van der Waals surface area contributed by atoms with Gasteiger partial charge in [-0.05, 0) is 24.6 Å². The summed E-state index contributed by atoms with van der Waals surface area (Å²) in [5.74, 6) is 1.22. The van der Waals surface area contributed by atoms with Crippen LogP contribution >= 0.6 is 11.6 Å². The second-order valence-electron chi connectivity index (χ2n) is 5.95. The molecular formula is C16H16ClN5O2. The summed E-state index contributed by atoms with van der Waals surface area (Å²) >= 11 is 6.28. The van der Waals surface area contributed by atoms with Crippen LogP contribution in [0.1, 0.15) is 17.2 Å². The molecule has 24 heavy (non-hydrogen) atoms. The number of carbonyl (C=O) groups excluding carboxylic acids is 1. The number of halogens is 1. The van der Waals surface area contributed by atoms with Crippen LogP contribution in [0, 0.1) is 6.92 Å². The van der Waals surface area contributed by atoms with Gasteiger partial charge in [0.15, 0.2) is 5.22 Å². The lowest BCUT2D eigenvalue weighted by Gasteiger charge is -2.33. The fourth-order valence-corrected chi connectivity index (χ4v) is 3.46. The SMILES string of the molecule is Cc1nnc2n1CC(C(N)=O)N(Cc1c(Cl)oc3ccccc13)C2. The Kier molecular flexibility index (Phi) is 3.54. The lowest BCUT2D eigenvalue weighted by Crippen LogP contribution is -2.50. The summed E-state index contributed by atoms with van der Waals surface area (Å²) in [5, 5.41) is 9.53. The van der Waals surface area contributed by atoms with E-state index >= 15 is 0 Å². The molecule has 1 aromatic carbocycles. The highest BCUT2D eigenvalue weighted by Gasteiger charge is 2.33. The van der Waals surface area contributed by atoms with E-state index in [-0.39, 0.29) is 5.91 Å². The molecule has 7 nitrogen and oxygen atoms in total. The number of benzene rings is 1. The van der Waals surface area contributed by atoms with E-state index in [1.54, 1.807) is 0 Å². The second kappa shape index (κ2) is 5.61. The summed E-state index contributed by atoms with van der Waals surface area (Å²) in [6.07, 6.45) is 0. The van der Waals surface area contributed by atoms with E-state index < -0.39 is 6.04 Å². The quantitative estimate of drug-likeness (QED) is 0.782. The highest BCUT2D eigenvalue weighted by molar-refractivity contribution is 6.30. The summed E-state index contributed by atoms with van der Waals surface area (Å²) in [7, 11) is 0. The van der Waals surface area contributed by atoms with E-state index in [0.717, 1.165) is 28.2 Å². The Morgan fingerprint density at radius 1 is 1.42 bits per heavy atom. The largest absolute Gasteiger partial charge is 0.444 e. The molecule has 1 aliphatic rings. The maximum atomic E-state index is 12.0. The van der Waals surface area contributed by atoms with E-state index in [4.69, 9.17) is 21.8 Å². The van der Waals surface area contributed by atoms with Gasteiger partial charge in [-0.15, -0.1) is 10.2 Å². The molecule has 1 unspecified atom stereocenters. The number of furan rings is 1. The lowest BCUT2D eigenvalue weighted by atomic mass is 10.1. The Balaban J connectivity index is 1.72. The van der Waals surface area contributed by atoms with Gasteiger partial charge in [0, 0.05) is 17.5 Å². The van der Waals surface area contributed by atoms with Crippen LogP contribution in [0.15, 0.2) is 28.7 Å². The number of para-hydroxylation sites is 1. The van der Waals surface area contributed by atoms with Crippen molar-refractivity contribution in [2.75, 3.05) is 0 Å². The van der Waals surface area contributed by atoms with Crippen molar-refractivity contribution in [3.8, 4) is 0 Å². The van der Waals surface area contributed by atoms with Gasteiger partial charge in [0.1, 0.15) is 23.3 Å². The molecule has 3 heterocycles. The average molecular weight is 346 g/mol. The van der Waals surface area contributed by atoms with E-state index in [2.05, 4.69) is 10.2 Å². The number of nitrogens with two attached hydrogens (primary N) is 1. The van der Waals surface area contributed by atoms with Crippen LogP contribution in [0.2, 0.25) is 5.22 Å². The molecule has 1 amide bonds. The molecule has 0 saturated heterocycles. The fourth-order valence-electron chi connectivity index (χ4n) is 3.21. The van der Waals surface area contributed by atoms with Crippen molar-refractivity contribution in [1.29, 1.82) is 0 Å². The zero-order chi connectivity index (χ0) is 16.8. The van der Waals surface area contributed by atoms with Gasteiger partial charge in [0.05, 0.1) is 13.1 Å². The maximum Gasteiger partial charge on any atom is 0.236 e. The fraction of sp³-hybridized carbons (Fsp3) is 0.312. The van der Waals surface area contributed by atoms with Crippen LogP contribution in [-0.2, 0) is 24.4 Å². The minimum Gasteiger partial charge on any atom is -0.444 e. The second-order valence-corrected chi connectivity index (χ2v) is 6.29. The van der Waals surface area contributed by atoms with Gasteiger partial charge >= 0.3 is 0 Å². The highest BCUT2D eigenvalue weighted by atomic mass is 35.5. The van der Waals surface area contributed by atoms with Gasteiger partial charge in [0.2, 0.25) is 5.91 Å². The molecule has 0 bridgehead atoms. The number of fused-ring (bicyclic) bond motifs is 2. The Morgan fingerprint density at radius 2 is 2.21 bits per heavy atom. The normalized spacial score (nSPS) is 18.0. The van der Waals surface area contributed by atoms with Gasteiger partial charge in [-0.2, -0.15) is 0 Å². The Bertz CT molecular complexity index is 932. The number of rotatable bonds is 3. The van der Waals surface area contributed by atoms with Crippen LogP contribution in [-0.4, -0.2) is 31.6 Å². The van der Waals surface area contributed by atoms with Crippen molar-refractivity contribution in [3.05, 3.63) is 46.7 Å². The molecule has 0 radical (unpaired) electrons. The number of hydrogen-bond donors (Lipinski definition) is 1. The molecule has 124 valence electrons. The first-order valence-corrected chi connectivity index (χ1v) is 8.00. The van der Waals surface area contributed by atoms with E-state index in [0.29, 0.717) is 24.9 Å². The van der Waals surface area contributed by atoms with Crippen LogP contribution < -0.4 is 5.73 Å². The van der Waals surface area contributed by atoms with E-state index in [9.17, 15) is 4.79 Å². The third-order valence-corrected chi connectivity index (χ3v) is 4.80. The zero-order valence-electron chi connectivity index (χ0n) is 13.1. The number of aryl methyl sites for hydroxylation is 1. The van der Waals surface area contributed by atoms with E-state index in [1.807, 2.05) is 40.7 Å². The number of hydrogen-bond acceptors (Lipinski definition) is 5. The molecule has 1 aliphatic heterocycles. The Morgan fingerprint density at radius 3 is 3.00 bits per heavy atom. The van der Waals surface area contributed by atoms with Crippen molar-refractivity contribution in [2.24, 2.45) is 5.73 Å².